The van der Waals surface area contributed by atoms with Crippen LogP contribution < -0.4 is 10.7 Å². The molecule has 0 spiro atoms. The minimum Gasteiger partial charge on any atom is -0.318 e. The van der Waals surface area contributed by atoms with Crippen LogP contribution in [0.1, 0.15) is 5.56 Å². The van der Waals surface area contributed by atoms with Gasteiger partial charge in [-0.15, -0.1) is 0 Å². The van der Waals surface area contributed by atoms with Crippen LogP contribution >= 0.6 is 11.6 Å². The molecule has 6 heteroatoms. The summed E-state index contributed by atoms with van der Waals surface area (Å²) < 4.78 is 0. The number of halogens is 1. The molecule has 0 saturated heterocycles. The molecule has 0 heterocycles. The smallest absolute Gasteiger partial charge is 0.318 e. The molecule has 0 bridgehead atoms. The number of carbonyl (C=O) groups is 2. The Hall–Kier alpha value is -3.18. The van der Waals surface area contributed by atoms with E-state index in [1.54, 1.807) is 36.4 Å². The molecule has 5 nitrogen and oxygen atoms in total. The Balaban J connectivity index is 1.62. The van der Waals surface area contributed by atoms with Crippen LogP contribution in [0.3, 0.4) is 0 Å². The van der Waals surface area contributed by atoms with Gasteiger partial charge in [-0.2, -0.15) is 5.10 Å². The molecule has 3 aromatic rings. The van der Waals surface area contributed by atoms with Crippen molar-refractivity contribution in [2.24, 2.45) is 5.10 Å². The molecule has 3 aromatic carbocycles. The molecule has 0 aliphatic heterocycles. The van der Waals surface area contributed by atoms with Crippen LogP contribution in [0.5, 0.6) is 0 Å². The monoisotopic (exact) mass is 351 g/mol. The highest BCUT2D eigenvalue weighted by molar-refractivity contribution is 6.39. The molecule has 0 fully saturated rings. The summed E-state index contributed by atoms with van der Waals surface area (Å²) in [5.74, 6) is -1.66. The third kappa shape index (κ3) is 4.22. The van der Waals surface area contributed by atoms with E-state index in [-0.39, 0.29) is 0 Å². The van der Waals surface area contributed by atoms with Crippen molar-refractivity contribution in [2.45, 2.75) is 0 Å². The van der Waals surface area contributed by atoms with Gasteiger partial charge in [-0.25, -0.2) is 5.43 Å². The second kappa shape index (κ2) is 7.59. The quantitative estimate of drug-likeness (QED) is 0.430. The number of nitrogens with zero attached hydrogens (tertiary/aromatic N) is 1. The predicted octanol–water partition coefficient (Wildman–Crippen LogP) is 3.58. The van der Waals surface area contributed by atoms with Gasteiger partial charge in [0.15, 0.2) is 0 Å². The average molecular weight is 352 g/mol. The standard InChI is InChI=1S/C19H14ClN3O2/c20-17-8-4-3-7-15(17)12-21-23-19(25)18(24)22-16-10-9-13-5-1-2-6-14(13)11-16/h1-12H,(H,22,24)(H,23,25). The largest absolute Gasteiger partial charge is 0.329 e. The van der Waals surface area contributed by atoms with Gasteiger partial charge >= 0.3 is 11.8 Å². The normalized spacial score (nSPS) is 10.8. The van der Waals surface area contributed by atoms with Crippen molar-refractivity contribution in [3.63, 3.8) is 0 Å². The van der Waals surface area contributed by atoms with Gasteiger partial charge < -0.3 is 5.32 Å². The molecule has 2 N–H and O–H groups in total. The summed E-state index contributed by atoms with van der Waals surface area (Å²) in [4.78, 5) is 23.8. The van der Waals surface area contributed by atoms with E-state index in [1.165, 1.54) is 6.21 Å². The molecule has 0 saturated carbocycles. The lowest BCUT2D eigenvalue weighted by molar-refractivity contribution is -0.136. The lowest BCUT2D eigenvalue weighted by Crippen LogP contribution is -2.32. The molecule has 25 heavy (non-hydrogen) atoms. The first-order chi connectivity index (χ1) is 12.1. The van der Waals surface area contributed by atoms with Gasteiger partial charge in [0.25, 0.3) is 0 Å². The van der Waals surface area contributed by atoms with E-state index in [4.69, 9.17) is 11.6 Å². The Morgan fingerprint density at radius 2 is 1.60 bits per heavy atom. The Bertz CT molecular complexity index is 970. The van der Waals surface area contributed by atoms with Gasteiger partial charge in [0.05, 0.1) is 6.21 Å². The van der Waals surface area contributed by atoms with Gasteiger partial charge in [-0.1, -0.05) is 60.1 Å². The minimum absolute atomic E-state index is 0.501. The van der Waals surface area contributed by atoms with Gasteiger partial charge in [0, 0.05) is 16.3 Å². The van der Waals surface area contributed by atoms with E-state index >= 15 is 0 Å². The SMILES string of the molecule is O=C(NN=Cc1ccccc1Cl)C(=O)Nc1ccc2ccccc2c1. The molecule has 124 valence electrons. The number of hydrogen-bond donors (Lipinski definition) is 2. The van der Waals surface area contributed by atoms with Gasteiger partial charge in [0.2, 0.25) is 0 Å². The summed E-state index contributed by atoms with van der Waals surface area (Å²) in [6.45, 7) is 0. The lowest BCUT2D eigenvalue weighted by atomic mass is 10.1. The molecule has 2 amide bonds. The fourth-order valence-corrected chi connectivity index (χ4v) is 2.43. The van der Waals surface area contributed by atoms with Crippen LogP contribution in [-0.2, 0) is 9.59 Å². The van der Waals surface area contributed by atoms with Gasteiger partial charge in [0.1, 0.15) is 0 Å². The Labute approximate surface area is 149 Å². The highest BCUT2D eigenvalue weighted by Crippen LogP contribution is 2.18. The van der Waals surface area contributed by atoms with Crippen molar-refractivity contribution >= 4 is 46.1 Å². The second-order valence-electron chi connectivity index (χ2n) is 5.24. The van der Waals surface area contributed by atoms with E-state index in [0.717, 1.165) is 10.8 Å². The van der Waals surface area contributed by atoms with Crippen LogP contribution in [0.2, 0.25) is 5.02 Å². The van der Waals surface area contributed by atoms with Crippen LogP contribution in [0, 0.1) is 0 Å². The Kier molecular flexibility index (Phi) is 5.06. The molecule has 0 aliphatic rings. The first kappa shape index (κ1) is 16.7. The van der Waals surface area contributed by atoms with Crippen molar-refractivity contribution in [1.82, 2.24) is 5.43 Å². The summed E-state index contributed by atoms with van der Waals surface area (Å²) in [7, 11) is 0. The maximum absolute atomic E-state index is 11.9. The molecule has 0 unspecified atom stereocenters. The third-order valence-corrected chi connectivity index (χ3v) is 3.83. The third-order valence-electron chi connectivity index (χ3n) is 3.49. The van der Waals surface area contributed by atoms with Crippen molar-refractivity contribution in [2.75, 3.05) is 5.32 Å². The zero-order chi connectivity index (χ0) is 17.6. The van der Waals surface area contributed by atoms with Crippen molar-refractivity contribution in [3.8, 4) is 0 Å². The number of benzene rings is 3. The predicted molar refractivity (Wildman–Crippen MR) is 99.8 cm³/mol. The number of amides is 2. The molecule has 0 radical (unpaired) electrons. The highest BCUT2D eigenvalue weighted by Gasteiger charge is 2.13. The van der Waals surface area contributed by atoms with E-state index in [2.05, 4.69) is 15.8 Å². The van der Waals surface area contributed by atoms with Crippen molar-refractivity contribution in [3.05, 3.63) is 77.3 Å². The molecule has 0 atom stereocenters. The van der Waals surface area contributed by atoms with E-state index in [0.29, 0.717) is 16.3 Å². The fraction of sp³-hybridized carbons (Fsp3) is 0. The summed E-state index contributed by atoms with van der Waals surface area (Å²) in [5, 5.41) is 8.81. The van der Waals surface area contributed by atoms with Crippen LogP contribution in [-0.4, -0.2) is 18.0 Å². The summed E-state index contributed by atoms with van der Waals surface area (Å²) in [6.07, 6.45) is 1.38. The number of hydrogen-bond acceptors (Lipinski definition) is 3. The van der Waals surface area contributed by atoms with Crippen molar-refractivity contribution < 1.29 is 9.59 Å². The molecular weight excluding hydrogens is 338 g/mol. The van der Waals surface area contributed by atoms with Crippen LogP contribution in [0.15, 0.2) is 71.8 Å². The van der Waals surface area contributed by atoms with E-state index in [9.17, 15) is 9.59 Å². The average Bonchev–Trinajstić information content (AvgIpc) is 2.63. The molecular formula is C19H14ClN3O2. The summed E-state index contributed by atoms with van der Waals surface area (Å²) in [6, 6.07) is 20.2. The minimum atomic E-state index is -0.864. The van der Waals surface area contributed by atoms with E-state index < -0.39 is 11.8 Å². The van der Waals surface area contributed by atoms with Crippen LogP contribution in [0.25, 0.3) is 10.8 Å². The van der Waals surface area contributed by atoms with Crippen LogP contribution in [0.4, 0.5) is 5.69 Å². The van der Waals surface area contributed by atoms with Crippen molar-refractivity contribution in [1.29, 1.82) is 0 Å². The first-order valence-electron chi connectivity index (χ1n) is 7.51. The Morgan fingerprint density at radius 3 is 2.40 bits per heavy atom. The second-order valence-corrected chi connectivity index (χ2v) is 5.64. The van der Waals surface area contributed by atoms with E-state index in [1.807, 2.05) is 30.3 Å². The molecule has 0 aromatic heterocycles. The molecule has 3 rings (SSSR count). The number of nitrogens with one attached hydrogen (secondary N) is 2. The number of rotatable bonds is 3. The summed E-state index contributed by atoms with van der Waals surface area (Å²) >= 11 is 5.97. The summed E-state index contributed by atoms with van der Waals surface area (Å²) in [5.41, 5.74) is 3.35. The number of fused-ring (bicyclic) bond motifs is 1. The van der Waals surface area contributed by atoms with Gasteiger partial charge in [-0.05, 0) is 29.0 Å². The number of carbonyl (C=O) groups excluding carboxylic acids is 2. The Morgan fingerprint density at radius 1 is 0.880 bits per heavy atom. The zero-order valence-electron chi connectivity index (χ0n) is 13.1. The van der Waals surface area contributed by atoms with Gasteiger partial charge in [-0.3, -0.25) is 9.59 Å². The number of anilines is 1. The fourth-order valence-electron chi connectivity index (χ4n) is 2.25. The lowest BCUT2D eigenvalue weighted by Gasteiger charge is -2.05. The topological polar surface area (TPSA) is 70.6 Å². The maximum atomic E-state index is 11.9. The maximum Gasteiger partial charge on any atom is 0.329 e. The molecule has 0 aliphatic carbocycles. The highest BCUT2D eigenvalue weighted by atomic mass is 35.5. The zero-order valence-corrected chi connectivity index (χ0v) is 13.8. The first-order valence-corrected chi connectivity index (χ1v) is 7.89. The number of hydrazone groups is 1.